The summed E-state index contributed by atoms with van der Waals surface area (Å²) in [6.07, 6.45) is 1.65. The summed E-state index contributed by atoms with van der Waals surface area (Å²) in [7, 11) is 0. The maximum atomic E-state index is 12.8. The molecule has 2 atom stereocenters. The highest BCUT2D eigenvalue weighted by Gasteiger charge is 2.42. The van der Waals surface area contributed by atoms with Gasteiger partial charge in [-0.3, -0.25) is 14.9 Å². The number of carbonyl (C=O) groups excluding carboxylic acids is 3. The van der Waals surface area contributed by atoms with Crippen LogP contribution in [-0.2, 0) is 9.53 Å². The Morgan fingerprint density at radius 1 is 1.03 bits per heavy atom. The van der Waals surface area contributed by atoms with Crippen LogP contribution in [0.1, 0.15) is 5.69 Å². The second kappa shape index (κ2) is 10.0. The zero-order chi connectivity index (χ0) is 25.4. The minimum Gasteiger partial charge on any atom is -0.378 e. The van der Waals surface area contributed by atoms with Crippen LogP contribution >= 0.6 is 11.8 Å². The van der Waals surface area contributed by atoms with Crippen LogP contribution in [0.5, 0.6) is 0 Å². The average molecular weight is 522 g/mol. The minimum atomic E-state index is -0.410. The lowest BCUT2D eigenvalue weighted by Gasteiger charge is -2.29. The number of fused-ring (bicyclic) bond motifs is 1. The lowest BCUT2D eigenvalue weighted by atomic mass is 10.0. The Morgan fingerprint density at radius 3 is 2.43 bits per heavy atom. The van der Waals surface area contributed by atoms with Crippen molar-refractivity contribution >= 4 is 52.5 Å². The molecule has 5 heterocycles. The van der Waals surface area contributed by atoms with Crippen LogP contribution in [0.2, 0.25) is 0 Å². The summed E-state index contributed by atoms with van der Waals surface area (Å²) in [5.74, 6) is 1.62. The number of hydrogen-bond acceptors (Lipinski definition) is 9. The van der Waals surface area contributed by atoms with Gasteiger partial charge in [-0.25, -0.2) is 9.78 Å². The van der Waals surface area contributed by atoms with Crippen LogP contribution in [0.25, 0.3) is 6.08 Å². The number of thioether (sulfide) groups is 1. The van der Waals surface area contributed by atoms with Crippen molar-refractivity contribution in [2.75, 3.05) is 67.6 Å². The third-order valence-corrected chi connectivity index (χ3v) is 7.87. The number of morpholine rings is 1. The number of amides is 4. The van der Waals surface area contributed by atoms with Crippen LogP contribution < -0.4 is 20.4 Å². The molecular weight excluding hydrogens is 494 g/mol. The number of carbonyl (C=O) groups is 3. The van der Waals surface area contributed by atoms with E-state index in [0.29, 0.717) is 54.7 Å². The van der Waals surface area contributed by atoms with E-state index in [1.165, 1.54) is 0 Å². The SMILES string of the molecule is O=C1NC(=O)C(=Cc2cc(N3CCOCC3)nc(N3CC4CN(C(=O)Nc5ccccc5)CC4C3)n2)S1. The minimum absolute atomic E-state index is 0.0755. The van der Waals surface area contributed by atoms with Gasteiger partial charge in [-0.05, 0) is 30.0 Å². The zero-order valence-corrected chi connectivity index (χ0v) is 20.9. The Labute approximate surface area is 218 Å². The fraction of sp³-hybridized carbons (Fsp3) is 0.400. The number of aromatic nitrogens is 2. The number of imide groups is 1. The number of likely N-dealkylation sites (tertiary alicyclic amines) is 1. The van der Waals surface area contributed by atoms with Crippen molar-refractivity contribution in [2.45, 2.75) is 0 Å². The number of hydrogen-bond donors (Lipinski definition) is 2. The molecule has 4 aliphatic rings. The molecule has 0 saturated carbocycles. The smallest absolute Gasteiger partial charge is 0.321 e. The van der Waals surface area contributed by atoms with Gasteiger partial charge in [0.15, 0.2) is 0 Å². The number of ether oxygens (including phenoxy) is 1. The summed E-state index contributed by atoms with van der Waals surface area (Å²) >= 11 is 0.875. The fourth-order valence-electron chi connectivity index (χ4n) is 5.21. The molecular formula is C25H27N7O4S. The molecule has 0 spiro atoms. The third kappa shape index (κ3) is 5.12. The summed E-state index contributed by atoms with van der Waals surface area (Å²) in [4.78, 5) is 52.7. The lowest BCUT2D eigenvalue weighted by Crippen LogP contribution is -2.38. The standard InChI is InChI=1S/C25H27N7O4S/c33-22-20(37-25(35)29-22)10-19-11-21(30-6-8-36-9-7-30)28-23(26-19)31-12-16-14-32(15-17(16)13-31)24(34)27-18-4-2-1-3-5-18/h1-5,10-11,16-17H,6-9,12-15H2,(H,27,34)(H,29,33,35). The van der Waals surface area contributed by atoms with Crippen molar-refractivity contribution in [1.82, 2.24) is 20.2 Å². The van der Waals surface area contributed by atoms with Gasteiger partial charge < -0.3 is 24.8 Å². The van der Waals surface area contributed by atoms with E-state index >= 15 is 0 Å². The molecule has 2 unspecified atom stereocenters. The van der Waals surface area contributed by atoms with E-state index in [9.17, 15) is 14.4 Å². The molecule has 0 aliphatic carbocycles. The quantitative estimate of drug-likeness (QED) is 0.584. The van der Waals surface area contributed by atoms with Gasteiger partial charge in [-0.15, -0.1) is 0 Å². The fourth-order valence-corrected chi connectivity index (χ4v) is 5.88. The normalized spacial score (nSPS) is 24.5. The maximum absolute atomic E-state index is 12.8. The first kappa shape index (κ1) is 23.7. The number of nitrogens with one attached hydrogen (secondary N) is 2. The molecule has 37 heavy (non-hydrogen) atoms. The first-order valence-electron chi connectivity index (χ1n) is 12.3. The molecule has 4 fully saturated rings. The molecule has 1 aromatic carbocycles. The van der Waals surface area contributed by atoms with Gasteiger partial charge in [-0.2, -0.15) is 4.98 Å². The van der Waals surface area contributed by atoms with Crippen molar-refractivity contribution in [3.8, 4) is 0 Å². The number of nitrogens with zero attached hydrogens (tertiary/aromatic N) is 5. The number of benzene rings is 1. The van der Waals surface area contributed by atoms with E-state index in [2.05, 4.69) is 20.4 Å². The Morgan fingerprint density at radius 2 is 1.76 bits per heavy atom. The number of urea groups is 1. The van der Waals surface area contributed by atoms with Crippen LogP contribution in [0, 0.1) is 11.8 Å². The Hall–Kier alpha value is -3.64. The predicted molar refractivity (Wildman–Crippen MR) is 140 cm³/mol. The van der Waals surface area contributed by atoms with Gasteiger partial charge in [0.05, 0.1) is 23.8 Å². The van der Waals surface area contributed by atoms with Crippen LogP contribution in [0.15, 0.2) is 41.3 Å². The summed E-state index contributed by atoms with van der Waals surface area (Å²) in [5.41, 5.74) is 1.37. The highest BCUT2D eigenvalue weighted by Crippen LogP contribution is 2.34. The summed E-state index contributed by atoms with van der Waals surface area (Å²) < 4.78 is 5.49. The molecule has 6 rings (SSSR count). The van der Waals surface area contributed by atoms with Gasteiger partial charge in [0, 0.05) is 62.9 Å². The lowest BCUT2D eigenvalue weighted by molar-refractivity contribution is -0.115. The second-order valence-electron chi connectivity index (χ2n) is 9.53. The van der Waals surface area contributed by atoms with E-state index in [1.54, 1.807) is 6.08 Å². The average Bonchev–Trinajstić information content (AvgIpc) is 3.58. The highest BCUT2D eigenvalue weighted by molar-refractivity contribution is 8.18. The first-order valence-corrected chi connectivity index (χ1v) is 13.2. The molecule has 0 radical (unpaired) electrons. The first-order chi connectivity index (χ1) is 18.0. The number of para-hydroxylation sites is 1. The van der Waals surface area contributed by atoms with E-state index in [4.69, 9.17) is 14.7 Å². The van der Waals surface area contributed by atoms with Gasteiger partial charge in [0.2, 0.25) is 5.95 Å². The van der Waals surface area contributed by atoms with Gasteiger partial charge in [0.25, 0.3) is 11.1 Å². The van der Waals surface area contributed by atoms with Crippen molar-refractivity contribution in [2.24, 2.45) is 11.8 Å². The molecule has 2 N–H and O–H groups in total. The largest absolute Gasteiger partial charge is 0.378 e. The van der Waals surface area contributed by atoms with E-state index < -0.39 is 5.91 Å². The Balaban J connectivity index is 1.19. The summed E-state index contributed by atoms with van der Waals surface area (Å²) in [5, 5.41) is 4.88. The highest BCUT2D eigenvalue weighted by atomic mass is 32.2. The Bertz CT molecular complexity index is 1240. The molecule has 0 bridgehead atoms. The van der Waals surface area contributed by atoms with Gasteiger partial charge >= 0.3 is 6.03 Å². The van der Waals surface area contributed by atoms with Crippen molar-refractivity contribution in [3.05, 3.63) is 47.0 Å². The molecule has 4 amide bonds. The monoisotopic (exact) mass is 521 g/mol. The number of anilines is 3. The summed E-state index contributed by atoms with van der Waals surface area (Å²) in [6.45, 7) is 5.53. The third-order valence-electron chi connectivity index (χ3n) is 7.06. The van der Waals surface area contributed by atoms with Crippen LogP contribution in [0.4, 0.5) is 27.0 Å². The van der Waals surface area contributed by atoms with E-state index in [-0.39, 0.29) is 11.3 Å². The van der Waals surface area contributed by atoms with E-state index in [0.717, 1.165) is 49.4 Å². The second-order valence-corrected chi connectivity index (χ2v) is 10.5. The number of rotatable bonds is 4. The molecule has 192 valence electrons. The van der Waals surface area contributed by atoms with Gasteiger partial charge in [0.1, 0.15) is 5.82 Å². The molecule has 4 aliphatic heterocycles. The van der Waals surface area contributed by atoms with E-state index in [1.807, 2.05) is 41.3 Å². The molecule has 12 heteroatoms. The maximum Gasteiger partial charge on any atom is 0.321 e. The predicted octanol–water partition coefficient (Wildman–Crippen LogP) is 2.24. The van der Waals surface area contributed by atoms with Crippen LogP contribution in [0.3, 0.4) is 0 Å². The molecule has 2 aromatic rings. The van der Waals surface area contributed by atoms with Crippen molar-refractivity contribution in [1.29, 1.82) is 0 Å². The van der Waals surface area contributed by atoms with Crippen molar-refractivity contribution < 1.29 is 19.1 Å². The summed E-state index contributed by atoms with van der Waals surface area (Å²) in [6, 6.07) is 11.3. The topological polar surface area (TPSA) is 120 Å². The van der Waals surface area contributed by atoms with Gasteiger partial charge in [-0.1, -0.05) is 18.2 Å². The molecule has 1 aromatic heterocycles. The molecule has 4 saturated heterocycles. The molecule has 11 nitrogen and oxygen atoms in total. The Kier molecular flexibility index (Phi) is 6.43. The zero-order valence-electron chi connectivity index (χ0n) is 20.1. The van der Waals surface area contributed by atoms with Crippen molar-refractivity contribution in [3.63, 3.8) is 0 Å². The van der Waals surface area contributed by atoms with Crippen LogP contribution in [-0.4, -0.2) is 84.5 Å².